The third-order valence-corrected chi connectivity index (χ3v) is 8.72. The van der Waals surface area contributed by atoms with Crippen molar-refractivity contribution in [2.45, 2.75) is 51.4 Å². The summed E-state index contributed by atoms with van der Waals surface area (Å²) in [5, 5.41) is 8.69. The van der Waals surface area contributed by atoms with E-state index in [1.54, 1.807) is 28.4 Å². The molecule has 3 N–H and O–H groups in total. The summed E-state index contributed by atoms with van der Waals surface area (Å²) in [6.07, 6.45) is 4.13. The topological polar surface area (TPSA) is 132 Å². The predicted molar refractivity (Wildman–Crippen MR) is 169 cm³/mol. The highest BCUT2D eigenvalue weighted by atomic mass is 16.5. The maximum atomic E-state index is 8.69. The van der Waals surface area contributed by atoms with Crippen LogP contribution in [0.3, 0.4) is 0 Å². The summed E-state index contributed by atoms with van der Waals surface area (Å²) in [5.74, 6) is 4.78. The molecule has 3 aromatic rings. The fourth-order valence-electron chi connectivity index (χ4n) is 6.09. The van der Waals surface area contributed by atoms with Crippen molar-refractivity contribution in [1.82, 2.24) is 19.9 Å². The highest BCUT2D eigenvalue weighted by molar-refractivity contribution is 5.53. The minimum absolute atomic E-state index is 0.243. The molecular formula is C32H45N7O5. The van der Waals surface area contributed by atoms with Gasteiger partial charge in [-0.05, 0) is 85.8 Å². The number of benzene rings is 2. The zero-order valence-corrected chi connectivity index (χ0v) is 26.5. The summed E-state index contributed by atoms with van der Waals surface area (Å²) in [5.41, 5.74) is 10.8. The lowest BCUT2D eigenvalue weighted by Gasteiger charge is -2.32. The number of likely N-dealkylation sites (tertiary alicyclic amines) is 1. The number of aliphatic hydroxyl groups is 1. The van der Waals surface area contributed by atoms with Crippen LogP contribution >= 0.6 is 0 Å². The second-order valence-electron chi connectivity index (χ2n) is 11.3. The van der Waals surface area contributed by atoms with Gasteiger partial charge in [0.25, 0.3) is 0 Å². The molecule has 1 aromatic heterocycles. The number of rotatable bonds is 8. The second kappa shape index (κ2) is 14.3. The largest absolute Gasteiger partial charge is 0.493 e. The Morgan fingerprint density at radius 1 is 0.727 bits per heavy atom. The van der Waals surface area contributed by atoms with Crippen molar-refractivity contribution >= 4 is 11.9 Å². The molecule has 6 rings (SSSR count). The van der Waals surface area contributed by atoms with Crippen LogP contribution in [0.5, 0.6) is 23.0 Å². The van der Waals surface area contributed by atoms with Gasteiger partial charge in [0.05, 0.1) is 41.6 Å². The van der Waals surface area contributed by atoms with E-state index in [1.807, 2.05) is 12.1 Å². The van der Waals surface area contributed by atoms with Crippen LogP contribution in [0, 0.1) is 0 Å². The average molecular weight is 608 g/mol. The molecule has 0 bridgehead atoms. The van der Waals surface area contributed by atoms with Crippen molar-refractivity contribution in [1.29, 1.82) is 0 Å². The molecule has 0 spiro atoms. The highest BCUT2D eigenvalue weighted by Gasteiger charge is 2.26. The van der Waals surface area contributed by atoms with Crippen molar-refractivity contribution in [3.63, 3.8) is 0 Å². The van der Waals surface area contributed by atoms with E-state index >= 15 is 0 Å². The van der Waals surface area contributed by atoms with Gasteiger partial charge < -0.3 is 44.5 Å². The quantitative estimate of drug-likeness (QED) is 0.390. The van der Waals surface area contributed by atoms with Crippen molar-refractivity contribution in [2.75, 3.05) is 71.5 Å². The molecule has 0 radical (unpaired) electrons. The average Bonchev–Trinajstić information content (AvgIpc) is 3.50. The van der Waals surface area contributed by atoms with E-state index in [0.29, 0.717) is 43.5 Å². The molecule has 0 aliphatic carbocycles. The molecule has 3 aliphatic heterocycles. The molecule has 0 amide bonds. The molecule has 3 aliphatic rings. The molecule has 238 valence electrons. The lowest BCUT2D eigenvalue weighted by Crippen LogP contribution is -2.35. The number of fused-ring (bicyclic) bond motifs is 2. The molecule has 12 heteroatoms. The molecular weight excluding hydrogens is 562 g/mol. The van der Waals surface area contributed by atoms with Crippen LogP contribution in [0.15, 0.2) is 24.3 Å². The summed E-state index contributed by atoms with van der Waals surface area (Å²) >= 11 is 0. The van der Waals surface area contributed by atoms with E-state index in [1.165, 1.54) is 35.1 Å². The first-order valence-electron chi connectivity index (χ1n) is 15.1. The molecule has 1 fully saturated rings. The third-order valence-electron chi connectivity index (χ3n) is 8.72. The maximum absolute atomic E-state index is 8.69. The van der Waals surface area contributed by atoms with Crippen LogP contribution in [-0.4, -0.2) is 92.7 Å². The van der Waals surface area contributed by atoms with Crippen molar-refractivity contribution in [3.05, 3.63) is 52.3 Å². The Labute approximate surface area is 259 Å². The zero-order chi connectivity index (χ0) is 31.2. The molecule has 0 saturated carbocycles. The smallest absolute Gasteiger partial charge is 0.230 e. The molecule has 44 heavy (non-hydrogen) atoms. The van der Waals surface area contributed by atoms with Crippen molar-refractivity contribution < 1.29 is 24.1 Å². The van der Waals surface area contributed by atoms with E-state index in [0.717, 1.165) is 55.5 Å². The van der Waals surface area contributed by atoms with Crippen LogP contribution < -0.4 is 34.5 Å². The van der Waals surface area contributed by atoms with Crippen LogP contribution in [-0.2, 0) is 32.5 Å². The Balaban J connectivity index is 0.000000418. The highest BCUT2D eigenvalue weighted by Crippen LogP contribution is 2.36. The van der Waals surface area contributed by atoms with Gasteiger partial charge in [0, 0.05) is 32.2 Å². The molecule has 1 unspecified atom stereocenters. The summed E-state index contributed by atoms with van der Waals surface area (Å²) in [4.78, 5) is 20.8. The fraction of sp³-hybridized carbons (Fsp3) is 0.531. The van der Waals surface area contributed by atoms with Gasteiger partial charge >= 0.3 is 0 Å². The normalized spacial score (nSPS) is 17.8. The van der Waals surface area contributed by atoms with E-state index in [-0.39, 0.29) is 6.54 Å². The molecule has 4 heterocycles. The first kappa shape index (κ1) is 31.6. The van der Waals surface area contributed by atoms with Gasteiger partial charge in [0.2, 0.25) is 11.9 Å². The number of nitrogens with zero attached hydrogens (tertiary/aromatic N) is 6. The third kappa shape index (κ3) is 6.77. The Hall–Kier alpha value is -3.87. The zero-order valence-electron chi connectivity index (χ0n) is 26.5. The Morgan fingerprint density at radius 3 is 1.52 bits per heavy atom. The fourth-order valence-corrected chi connectivity index (χ4v) is 6.09. The standard InChI is InChI=1S/C26H32N6O4.C6H13NO/c1-33-20-9-16-5-7-31(14-18(16)11-22(20)35-3)25-28-24(13-27)29-26(30-25)32-8-6-17-10-21(34-2)23(36-4)12-19(17)15-32;1-7-4-2-3-6(7)5-8/h9-12H,5-8,13-15,27H2,1-4H3;6,8H,2-5H2,1H3. The van der Waals surface area contributed by atoms with Crippen molar-refractivity contribution in [3.8, 4) is 23.0 Å². The van der Waals surface area contributed by atoms with Crippen LogP contribution in [0.25, 0.3) is 0 Å². The van der Waals surface area contributed by atoms with Gasteiger partial charge in [-0.25, -0.2) is 0 Å². The van der Waals surface area contributed by atoms with Crippen LogP contribution in [0.4, 0.5) is 11.9 Å². The maximum Gasteiger partial charge on any atom is 0.230 e. The number of hydrogen-bond acceptors (Lipinski definition) is 12. The minimum Gasteiger partial charge on any atom is -0.493 e. The van der Waals surface area contributed by atoms with Gasteiger partial charge in [0.1, 0.15) is 5.82 Å². The number of nitrogens with two attached hydrogens (primary N) is 1. The SMILES string of the molecule is CN1CCCC1CO.COc1cc2c(cc1OC)CN(c1nc(CN)nc(N3CCc4cc(OC)c(OC)cc4C3)n1)CC2. The monoisotopic (exact) mass is 607 g/mol. The minimum atomic E-state index is 0.243. The number of aliphatic hydroxyl groups excluding tert-OH is 1. The summed E-state index contributed by atoms with van der Waals surface area (Å²) in [7, 11) is 8.68. The molecule has 1 atom stereocenters. The molecule has 12 nitrogen and oxygen atoms in total. The van der Waals surface area contributed by atoms with Gasteiger partial charge in [-0.1, -0.05) is 0 Å². The van der Waals surface area contributed by atoms with E-state index < -0.39 is 0 Å². The van der Waals surface area contributed by atoms with Crippen molar-refractivity contribution in [2.24, 2.45) is 5.73 Å². The van der Waals surface area contributed by atoms with Crippen LogP contribution in [0.2, 0.25) is 0 Å². The van der Waals surface area contributed by atoms with Gasteiger partial charge in [-0.2, -0.15) is 15.0 Å². The summed E-state index contributed by atoms with van der Waals surface area (Å²) in [6, 6.07) is 8.65. The van der Waals surface area contributed by atoms with E-state index in [4.69, 9.17) is 34.8 Å². The number of anilines is 2. The number of hydrogen-bond donors (Lipinski definition) is 2. The predicted octanol–water partition coefficient (Wildman–Crippen LogP) is 2.56. The van der Waals surface area contributed by atoms with Gasteiger partial charge in [-0.3, -0.25) is 0 Å². The Morgan fingerprint density at radius 2 is 1.18 bits per heavy atom. The molecule has 2 aromatic carbocycles. The first-order valence-corrected chi connectivity index (χ1v) is 15.1. The first-order chi connectivity index (χ1) is 21.4. The number of aromatic nitrogens is 3. The molecule has 1 saturated heterocycles. The van der Waals surface area contributed by atoms with Gasteiger partial charge in [-0.15, -0.1) is 0 Å². The number of likely N-dealkylation sites (N-methyl/N-ethyl adjacent to an activating group) is 1. The van der Waals surface area contributed by atoms with E-state index in [9.17, 15) is 0 Å². The summed E-state index contributed by atoms with van der Waals surface area (Å²) in [6.45, 7) is 4.65. The Bertz CT molecular complexity index is 1350. The van der Waals surface area contributed by atoms with Crippen LogP contribution in [0.1, 0.15) is 40.9 Å². The number of methoxy groups -OCH3 is 4. The Kier molecular flexibility index (Phi) is 10.2. The second-order valence-corrected chi connectivity index (χ2v) is 11.3. The lowest BCUT2D eigenvalue weighted by molar-refractivity contribution is 0.182. The number of ether oxygens (including phenoxy) is 4. The summed E-state index contributed by atoms with van der Waals surface area (Å²) < 4.78 is 22.0. The lowest BCUT2D eigenvalue weighted by atomic mass is 9.99. The van der Waals surface area contributed by atoms with Gasteiger partial charge in [0.15, 0.2) is 23.0 Å². The van der Waals surface area contributed by atoms with E-state index in [2.05, 4.69) is 43.8 Å².